The summed E-state index contributed by atoms with van der Waals surface area (Å²) in [6.45, 7) is 4.77. The lowest BCUT2D eigenvalue weighted by molar-refractivity contribution is -0.134. The molecule has 4 saturated carbocycles. The van der Waals surface area contributed by atoms with Crippen molar-refractivity contribution in [1.82, 2.24) is 9.62 Å². The molecule has 1 amide bonds. The van der Waals surface area contributed by atoms with Gasteiger partial charge >= 0.3 is 5.97 Å². The molecule has 0 unspecified atom stereocenters. The van der Waals surface area contributed by atoms with Gasteiger partial charge in [0.2, 0.25) is 10.0 Å². The van der Waals surface area contributed by atoms with Crippen LogP contribution in [0.5, 0.6) is 0 Å². The summed E-state index contributed by atoms with van der Waals surface area (Å²) in [5.41, 5.74) is 0.107. The van der Waals surface area contributed by atoms with E-state index in [0.717, 1.165) is 32.1 Å². The molecule has 1 heterocycles. The number of rotatable bonds is 6. The van der Waals surface area contributed by atoms with E-state index in [1.54, 1.807) is 6.92 Å². The van der Waals surface area contributed by atoms with Crippen molar-refractivity contribution in [2.75, 3.05) is 13.1 Å². The highest BCUT2D eigenvalue weighted by Gasteiger charge is 2.51. The second kappa shape index (κ2) is 8.94. The van der Waals surface area contributed by atoms with Gasteiger partial charge in [0.05, 0.1) is 10.5 Å². The first-order valence-corrected chi connectivity index (χ1v) is 14.2. The maximum absolute atomic E-state index is 12.9. The van der Waals surface area contributed by atoms with Gasteiger partial charge < -0.3 is 10.1 Å². The third-order valence-corrected chi connectivity index (χ3v) is 10.5. The van der Waals surface area contributed by atoms with Crippen LogP contribution in [0.2, 0.25) is 0 Å². The van der Waals surface area contributed by atoms with Crippen LogP contribution in [0, 0.1) is 23.7 Å². The van der Waals surface area contributed by atoms with Crippen molar-refractivity contribution in [3.63, 3.8) is 0 Å². The minimum absolute atomic E-state index is 0.130. The van der Waals surface area contributed by atoms with E-state index < -0.39 is 22.1 Å². The van der Waals surface area contributed by atoms with Crippen molar-refractivity contribution >= 4 is 21.9 Å². The number of ether oxygens (including phenoxy) is 1. The molecule has 5 aliphatic rings. The number of nitrogens with one attached hydrogen (secondary N) is 1. The maximum atomic E-state index is 12.9. The second-order valence-corrected chi connectivity index (χ2v) is 13.3. The summed E-state index contributed by atoms with van der Waals surface area (Å²) in [4.78, 5) is 25.7. The predicted octanol–water partition coefficient (Wildman–Crippen LogP) is 3.74. The van der Waals surface area contributed by atoms with E-state index >= 15 is 0 Å². The topological polar surface area (TPSA) is 92.8 Å². The molecule has 1 aromatic rings. The van der Waals surface area contributed by atoms with Crippen LogP contribution in [-0.4, -0.2) is 49.3 Å². The Morgan fingerprint density at radius 1 is 1.00 bits per heavy atom. The molecule has 186 valence electrons. The fourth-order valence-electron chi connectivity index (χ4n) is 7.05. The Morgan fingerprint density at radius 2 is 1.53 bits per heavy atom. The molecule has 1 atom stereocenters. The van der Waals surface area contributed by atoms with E-state index in [1.807, 2.05) is 0 Å². The van der Waals surface area contributed by atoms with Crippen molar-refractivity contribution in [2.24, 2.45) is 23.7 Å². The Morgan fingerprint density at radius 3 is 2.06 bits per heavy atom. The van der Waals surface area contributed by atoms with Crippen molar-refractivity contribution in [3.8, 4) is 0 Å². The van der Waals surface area contributed by atoms with Crippen LogP contribution in [0.3, 0.4) is 0 Å². The SMILES string of the molecule is CC1CCN(S(=O)(=O)c2ccc(C(=O)O[C@@H](C)C(=O)NC34CC5CC(CC(C5)C3)C4)cc2)CC1. The molecule has 0 spiro atoms. The summed E-state index contributed by atoms with van der Waals surface area (Å²) >= 11 is 0. The first-order valence-electron chi connectivity index (χ1n) is 12.8. The average Bonchev–Trinajstić information content (AvgIpc) is 2.78. The molecule has 6 rings (SSSR count). The van der Waals surface area contributed by atoms with Crippen molar-refractivity contribution < 1.29 is 22.7 Å². The van der Waals surface area contributed by atoms with Gasteiger partial charge in [-0.2, -0.15) is 4.31 Å². The van der Waals surface area contributed by atoms with Crippen LogP contribution in [0.15, 0.2) is 29.2 Å². The quantitative estimate of drug-likeness (QED) is 0.616. The van der Waals surface area contributed by atoms with Gasteiger partial charge in [-0.25, -0.2) is 13.2 Å². The smallest absolute Gasteiger partial charge is 0.338 e. The van der Waals surface area contributed by atoms with E-state index in [4.69, 9.17) is 4.74 Å². The molecule has 1 aromatic carbocycles. The number of carbonyl (C=O) groups excluding carboxylic acids is 2. The Labute approximate surface area is 202 Å². The van der Waals surface area contributed by atoms with Crippen LogP contribution in [0.4, 0.5) is 0 Å². The number of piperidine rings is 1. The summed E-state index contributed by atoms with van der Waals surface area (Å²) < 4.78 is 32.8. The Kier molecular flexibility index (Phi) is 6.25. The zero-order valence-electron chi connectivity index (χ0n) is 20.2. The van der Waals surface area contributed by atoms with Gasteiger partial charge in [-0.15, -0.1) is 0 Å². The highest BCUT2D eigenvalue weighted by molar-refractivity contribution is 7.89. The number of hydrogen-bond donors (Lipinski definition) is 1. The van der Waals surface area contributed by atoms with Gasteiger partial charge in [0.15, 0.2) is 6.10 Å². The van der Waals surface area contributed by atoms with Crippen molar-refractivity contribution in [1.29, 1.82) is 0 Å². The molecule has 1 N–H and O–H groups in total. The van der Waals surface area contributed by atoms with Crippen LogP contribution >= 0.6 is 0 Å². The number of benzene rings is 1. The number of amides is 1. The van der Waals surface area contributed by atoms with E-state index in [9.17, 15) is 18.0 Å². The minimum atomic E-state index is -3.57. The van der Waals surface area contributed by atoms with Crippen molar-refractivity contribution in [2.45, 2.75) is 81.8 Å². The lowest BCUT2D eigenvalue weighted by Gasteiger charge is -2.57. The average molecular weight is 489 g/mol. The summed E-state index contributed by atoms with van der Waals surface area (Å²) in [7, 11) is -3.57. The van der Waals surface area contributed by atoms with Crippen LogP contribution in [0.1, 0.15) is 75.6 Å². The summed E-state index contributed by atoms with van der Waals surface area (Å²) in [6.07, 6.45) is 7.80. The van der Waals surface area contributed by atoms with Gasteiger partial charge in [-0.05, 0) is 106 Å². The first kappa shape index (κ1) is 23.8. The van der Waals surface area contributed by atoms with Gasteiger partial charge in [0, 0.05) is 18.6 Å². The molecule has 4 aliphatic carbocycles. The fourth-order valence-corrected chi connectivity index (χ4v) is 8.52. The molecule has 5 fully saturated rings. The third kappa shape index (κ3) is 4.63. The molecule has 0 radical (unpaired) electrons. The summed E-state index contributed by atoms with van der Waals surface area (Å²) in [5, 5.41) is 3.25. The molecular weight excluding hydrogens is 452 g/mol. The molecule has 7 nitrogen and oxygen atoms in total. The lowest BCUT2D eigenvalue weighted by atomic mass is 9.53. The van der Waals surface area contributed by atoms with Crippen LogP contribution in [0.25, 0.3) is 0 Å². The Hall–Kier alpha value is -1.93. The largest absolute Gasteiger partial charge is 0.449 e. The van der Waals surface area contributed by atoms with Crippen LogP contribution in [-0.2, 0) is 19.6 Å². The third-order valence-electron chi connectivity index (χ3n) is 8.55. The molecular formula is C26H36N2O5S. The maximum Gasteiger partial charge on any atom is 0.338 e. The molecule has 0 aromatic heterocycles. The standard InChI is InChI=1S/C26H36N2O5S/c1-17-7-9-28(10-8-17)34(31,32)23-5-3-22(4-6-23)25(30)33-18(2)24(29)27-26-14-19-11-20(15-26)13-21(12-19)16-26/h3-6,17-21H,7-16H2,1-2H3,(H,27,29)/t18-,19?,20?,21?,26?/m0/s1. The molecule has 34 heavy (non-hydrogen) atoms. The zero-order valence-corrected chi connectivity index (χ0v) is 21.0. The molecule has 1 aliphatic heterocycles. The number of sulfonamides is 1. The molecule has 8 heteroatoms. The second-order valence-electron chi connectivity index (χ2n) is 11.3. The van der Waals surface area contributed by atoms with Gasteiger partial charge in [-0.3, -0.25) is 4.79 Å². The van der Waals surface area contributed by atoms with E-state index in [0.29, 0.717) is 36.8 Å². The van der Waals surface area contributed by atoms with E-state index in [-0.39, 0.29) is 21.9 Å². The Balaban J connectivity index is 1.18. The normalized spacial score (nSPS) is 32.4. The van der Waals surface area contributed by atoms with Gasteiger partial charge in [0.25, 0.3) is 5.91 Å². The Bertz CT molecular complexity index is 1010. The highest BCUT2D eigenvalue weighted by atomic mass is 32.2. The first-order chi connectivity index (χ1) is 16.1. The molecule has 4 bridgehead atoms. The fraction of sp³-hybridized carbons (Fsp3) is 0.692. The minimum Gasteiger partial charge on any atom is -0.449 e. The van der Waals surface area contributed by atoms with E-state index in [2.05, 4.69) is 12.2 Å². The molecule has 1 saturated heterocycles. The number of hydrogen-bond acceptors (Lipinski definition) is 5. The summed E-state index contributed by atoms with van der Waals surface area (Å²) in [6, 6.07) is 5.82. The lowest BCUT2D eigenvalue weighted by Crippen LogP contribution is -2.61. The zero-order chi connectivity index (χ0) is 24.1. The predicted molar refractivity (Wildman–Crippen MR) is 128 cm³/mol. The number of nitrogens with zero attached hydrogens (tertiary/aromatic N) is 1. The van der Waals surface area contributed by atoms with Crippen molar-refractivity contribution in [3.05, 3.63) is 29.8 Å². The van der Waals surface area contributed by atoms with Crippen LogP contribution < -0.4 is 5.32 Å². The van der Waals surface area contributed by atoms with E-state index in [1.165, 1.54) is 47.8 Å². The van der Waals surface area contributed by atoms with Gasteiger partial charge in [0.1, 0.15) is 0 Å². The monoisotopic (exact) mass is 488 g/mol. The highest BCUT2D eigenvalue weighted by Crippen LogP contribution is 2.55. The van der Waals surface area contributed by atoms with Gasteiger partial charge in [-0.1, -0.05) is 6.92 Å². The number of carbonyl (C=O) groups is 2. The summed E-state index contributed by atoms with van der Waals surface area (Å²) in [5.74, 6) is 1.82. The number of esters is 1.